The average Bonchev–Trinajstić information content (AvgIpc) is 2.62. The van der Waals surface area contributed by atoms with E-state index in [1.54, 1.807) is 0 Å². The maximum absolute atomic E-state index is 4.71. The third-order valence-corrected chi connectivity index (χ3v) is 4.44. The maximum Gasteiger partial charge on any atom is 0.155 e. The number of imidazole rings is 1. The summed E-state index contributed by atoms with van der Waals surface area (Å²) in [7, 11) is 1.96. The van der Waals surface area contributed by atoms with Crippen LogP contribution in [0.25, 0.3) is 5.65 Å². The molecule has 0 amide bonds. The van der Waals surface area contributed by atoms with Gasteiger partial charge in [0, 0.05) is 18.9 Å². The highest BCUT2D eigenvalue weighted by atomic mass is 79.9. The van der Waals surface area contributed by atoms with Crippen LogP contribution in [-0.2, 0) is 6.42 Å². The van der Waals surface area contributed by atoms with Gasteiger partial charge in [-0.15, -0.1) is 0 Å². The van der Waals surface area contributed by atoms with Crippen molar-refractivity contribution in [2.24, 2.45) is 0 Å². The van der Waals surface area contributed by atoms with E-state index in [4.69, 9.17) is 5.10 Å². The van der Waals surface area contributed by atoms with Crippen molar-refractivity contribution in [3.8, 4) is 0 Å². The summed E-state index contributed by atoms with van der Waals surface area (Å²) in [5.41, 5.74) is 3.20. The molecule has 1 aliphatic carbocycles. The van der Waals surface area contributed by atoms with Crippen LogP contribution < -0.4 is 5.32 Å². The minimum absolute atomic E-state index is 0.657. The molecular weight excluding hydrogens is 292 g/mol. The molecule has 0 radical (unpaired) electrons. The van der Waals surface area contributed by atoms with E-state index >= 15 is 0 Å². The quantitative estimate of drug-likeness (QED) is 0.943. The smallest absolute Gasteiger partial charge is 0.155 e. The fraction of sp³-hybridized carbons (Fsp3) is 0.538. The number of rotatable bonds is 4. The summed E-state index contributed by atoms with van der Waals surface area (Å²) in [4.78, 5) is 4.61. The fourth-order valence-corrected chi connectivity index (χ4v) is 2.84. The van der Waals surface area contributed by atoms with E-state index in [2.05, 4.69) is 38.4 Å². The molecule has 0 spiro atoms. The van der Waals surface area contributed by atoms with Gasteiger partial charge >= 0.3 is 0 Å². The molecule has 1 aliphatic rings. The van der Waals surface area contributed by atoms with Gasteiger partial charge in [0.2, 0.25) is 0 Å². The van der Waals surface area contributed by atoms with Crippen LogP contribution in [0.3, 0.4) is 0 Å². The number of nitrogens with zero attached hydrogens (tertiary/aromatic N) is 3. The lowest BCUT2D eigenvalue weighted by Gasteiger charge is -2.24. The van der Waals surface area contributed by atoms with Crippen LogP contribution in [0, 0.1) is 0 Å². The second-order valence-corrected chi connectivity index (χ2v) is 5.61. The third-order valence-electron chi connectivity index (χ3n) is 3.64. The number of halogens is 1. The zero-order valence-electron chi connectivity index (χ0n) is 10.5. The number of hydrogen-bond donors (Lipinski definition) is 1. The number of hydrogen-bond acceptors (Lipinski definition) is 3. The first-order valence-electron chi connectivity index (χ1n) is 6.48. The zero-order chi connectivity index (χ0) is 12.5. The van der Waals surface area contributed by atoms with Crippen molar-refractivity contribution in [1.82, 2.24) is 19.9 Å². The Morgan fingerprint density at radius 3 is 2.94 bits per heavy atom. The molecule has 0 aromatic carbocycles. The van der Waals surface area contributed by atoms with E-state index in [1.807, 2.05) is 11.6 Å². The molecule has 2 aromatic rings. The molecule has 1 fully saturated rings. The molecule has 0 aliphatic heterocycles. The van der Waals surface area contributed by atoms with Crippen LogP contribution in [0.1, 0.15) is 36.6 Å². The van der Waals surface area contributed by atoms with Gasteiger partial charge in [0.05, 0.1) is 11.4 Å². The molecule has 2 heterocycles. The molecule has 1 saturated carbocycles. The molecule has 1 N–H and O–H groups in total. The Bertz CT molecular complexity index is 559. The largest absolute Gasteiger partial charge is 0.319 e. The summed E-state index contributed by atoms with van der Waals surface area (Å²) in [5, 5.41) is 7.86. The molecule has 0 atom stereocenters. The van der Waals surface area contributed by atoms with Crippen LogP contribution in [-0.4, -0.2) is 28.2 Å². The Morgan fingerprint density at radius 2 is 2.28 bits per heavy atom. The van der Waals surface area contributed by atoms with E-state index in [9.17, 15) is 0 Å². The first kappa shape index (κ1) is 12.1. The first-order chi connectivity index (χ1) is 8.79. The molecule has 4 nitrogen and oxygen atoms in total. The normalized spacial score (nSPS) is 16.1. The van der Waals surface area contributed by atoms with Gasteiger partial charge in [-0.1, -0.05) is 6.42 Å². The van der Waals surface area contributed by atoms with Gasteiger partial charge < -0.3 is 5.32 Å². The SMILES string of the molecule is CNCCc1nc2ccc(C3CCC3)nn2c1Br. The number of nitrogens with one attached hydrogen (secondary N) is 1. The molecule has 0 saturated heterocycles. The van der Waals surface area contributed by atoms with Crippen LogP contribution >= 0.6 is 15.9 Å². The van der Waals surface area contributed by atoms with Crippen molar-refractivity contribution < 1.29 is 0 Å². The standard InChI is InChI=1S/C13H17BrN4/c1-15-8-7-11-13(14)18-12(16-11)6-5-10(17-18)9-3-2-4-9/h5-6,9,15H,2-4,7-8H2,1H3. The van der Waals surface area contributed by atoms with Crippen LogP contribution in [0.2, 0.25) is 0 Å². The van der Waals surface area contributed by atoms with Crippen LogP contribution in [0.4, 0.5) is 0 Å². The van der Waals surface area contributed by atoms with Crippen molar-refractivity contribution in [2.75, 3.05) is 13.6 Å². The minimum atomic E-state index is 0.657. The topological polar surface area (TPSA) is 42.2 Å². The zero-order valence-corrected chi connectivity index (χ0v) is 12.1. The lowest BCUT2D eigenvalue weighted by atomic mass is 9.83. The van der Waals surface area contributed by atoms with Crippen molar-refractivity contribution in [1.29, 1.82) is 0 Å². The minimum Gasteiger partial charge on any atom is -0.319 e. The highest BCUT2D eigenvalue weighted by molar-refractivity contribution is 9.10. The monoisotopic (exact) mass is 308 g/mol. The Hall–Kier alpha value is -0.940. The van der Waals surface area contributed by atoms with Gasteiger partial charge in [-0.2, -0.15) is 5.10 Å². The van der Waals surface area contributed by atoms with E-state index in [0.717, 1.165) is 28.9 Å². The second kappa shape index (κ2) is 4.97. The Morgan fingerprint density at radius 1 is 1.44 bits per heavy atom. The summed E-state index contributed by atoms with van der Waals surface area (Å²) in [6.45, 7) is 0.929. The molecule has 2 aromatic heterocycles. The third kappa shape index (κ3) is 2.06. The first-order valence-corrected chi connectivity index (χ1v) is 7.27. The highest BCUT2D eigenvalue weighted by Gasteiger charge is 2.22. The van der Waals surface area contributed by atoms with E-state index in [0.29, 0.717) is 5.92 Å². The highest BCUT2D eigenvalue weighted by Crippen LogP contribution is 2.35. The molecule has 3 rings (SSSR count). The van der Waals surface area contributed by atoms with Gasteiger partial charge in [-0.05, 0) is 48.0 Å². The molecule has 0 unspecified atom stereocenters. The Kier molecular flexibility index (Phi) is 3.35. The fourth-order valence-electron chi connectivity index (χ4n) is 2.29. The molecule has 96 valence electrons. The van der Waals surface area contributed by atoms with Crippen LogP contribution in [0.15, 0.2) is 16.7 Å². The second-order valence-electron chi connectivity index (χ2n) is 4.86. The lowest BCUT2D eigenvalue weighted by Crippen LogP contribution is -2.12. The molecule has 5 heteroatoms. The molecular formula is C13H17BrN4. The molecule has 18 heavy (non-hydrogen) atoms. The van der Waals surface area contributed by atoms with Crippen molar-refractivity contribution >= 4 is 21.6 Å². The van der Waals surface area contributed by atoms with Crippen molar-refractivity contribution in [3.05, 3.63) is 28.1 Å². The average molecular weight is 309 g/mol. The predicted molar refractivity (Wildman–Crippen MR) is 74.9 cm³/mol. The summed E-state index contributed by atoms with van der Waals surface area (Å²) in [5.74, 6) is 0.657. The van der Waals surface area contributed by atoms with E-state index in [-0.39, 0.29) is 0 Å². The Balaban J connectivity index is 1.96. The van der Waals surface area contributed by atoms with Gasteiger partial charge in [0.25, 0.3) is 0 Å². The summed E-state index contributed by atoms with van der Waals surface area (Å²) in [6, 6.07) is 4.20. The maximum atomic E-state index is 4.71. The number of likely N-dealkylation sites (N-methyl/N-ethyl adjacent to an activating group) is 1. The van der Waals surface area contributed by atoms with E-state index in [1.165, 1.54) is 25.0 Å². The van der Waals surface area contributed by atoms with Gasteiger partial charge in [-0.3, -0.25) is 0 Å². The summed E-state index contributed by atoms with van der Waals surface area (Å²) >= 11 is 3.62. The summed E-state index contributed by atoms with van der Waals surface area (Å²) < 4.78 is 2.92. The lowest BCUT2D eigenvalue weighted by molar-refractivity contribution is 0.406. The number of aromatic nitrogens is 3. The predicted octanol–water partition coefficient (Wildman–Crippen LogP) is 2.52. The Labute approximate surface area is 115 Å². The number of fused-ring (bicyclic) bond motifs is 1. The summed E-state index contributed by atoms with van der Waals surface area (Å²) in [6.07, 6.45) is 4.80. The van der Waals surface area contributed by atoms with E-state index < -0.39 is 0 Å². The van der Waals surface area contributed by atoms with Gasteiger partial charge in [-0.25, -0.2) is 9.50 Å². The molecule has 0 bridgehead atoms. The van der Waals surface area contributed by atoms with Gasteiger partial charge in [0.1, 0.15) is 4.60 Å². The van der Waals surface area contributed by atoms with Crippen molar-refractivity contribution in [2.45, 2.75) is 31.6 Å². The van der Waals surface area contributed by atoms with Crippen LogP contribution in [0.5, 0.6) is 0 Å². The van der Waals surface area contributed by atoms with Gasteiger partial charge in [0.15, 0.2) is 5.65 Å². The van der Waals surface area contributed by atoms with Crippen molar-refractivity contribution in [3.63, 3.8) is 0 Å².